The van der Waals surface area contributed by atoms with E-state index in [1.165, 1.54) is 23.1 Å². The summed E-state index contributed by atoms with van der Waals surface area (Å²) in [5, 5.41) is 11.5. The lowest BCUT2D eigenvalue weighted by molar-refractivity contribution is 0.0999. The standard InChI is InChI=1S/C12H10N4O2S2/c1-19-12-16-15-11(20-12)14-10(17)9-8(13)6-4-2-3-5-7(6)18-9/h2-5H,13H2,1H3,(H,14,15,17). The number of aromatic nitrogens is 2. The third kappa shape index (κ3) is 2.23. The maximum absolute atomic E-state index is 12.1. The van der Waals surface area contributed by atoms with E-state index in [1.54, 1.807) is 6.07 Å². The van der Waals surface area contributed by atoms with E-state index in [2.05, 4.69) is 15.5 Å². The normalized spacial score (nSPS) is 10.8. The number of benzene rings is 1. The highest BCUT2D eigenvalue weighted by Crippen LogP contribution is 2.29. The molecule has 0 atom stereocenters. The third-order valence-electron chi connectivity index (χ3n) is 2.64. The monoisotopic (exact) mass is 306 g/mol. The molecule has 0 spiro atoms. The van der Waals surface area contributed by atoms with Crippen molar-refractivity contribution in [2.24, 2.45) is 0 Å². The Morgan fingerprint density at radius 3 is 2.90 bits per heavy atom. The largest absolute Gasteiger partial charge is 0.449 e. The first-order valence-corrected chi connectivity index (χ1v) is 7.69. The van der Waals surface area contributed by atoms with Crippen LogP contribution in [-0.2, 0) is 0 Å². The summed E-state index contributed by atoms with van der Waals surface area (Å²) < 4.78 is 6.26. The first kappa shape index (κ1) is 12.9. The van der Waals surface area contributed by atoms with Crippen molar-refractivity contribution < 1.29 is 9.21 Å². The van der Waals surface area contributed by atoms with Crippen LogP contribution in [0.25, 0.3) is 11.0 Å². The summed E-state index contributed by atoms with van der Waals surface area (Å²) in [6.07, 6.45) is 1.89. The predicted molar refractivity (Wildman–Crippen MR) is 80.3 cm³/mol. The molecule has 0 saturated carbocycles. The Morgan fingerprint density at radius 2 is 2.20 bits per heavy atom. The maximum Gasteiger partial charge on any atom is 0.295 e. The highest BCUT2D eigenvalue weighted by molar-refractivity contribution is 8.00. The molecule has 0 unspecified atom stereocenters. The summed E-state index contributed by atoms with van der Waals surface area (Å²) in [6.45, 7) is 0. The van der Waals surface area contributed by atoms with Gasteiger partial charge in [0.05, 0.1) is 5.69 Å². The molecule has 1 aromatic carbocycles. The minimum absolute atomic E-state index is 0.0899. The van der Waals surface area contributed by atoms with Crippen LogP contribution in [0, 0.1) is 0 Å². The number of amides is 1. The highest BCUT2D eigenvalue weighted by atomic mass is 32.2. The molecular weight excluding hydrogens is 296 g/mol. The lowest BCUT2D eigenvalue weighted by Crippen LogP contribution is -2.12. The second-order valence-corrected chi connectivity index (χ2v) is 5.90. The predicted octanol–water partition coefficient (Wildman–Crippen LogP) is 2.84. The van der Waals surface area contributed by atoms with Gasteiger partial charge in [-0.25, -0.2) is 0 Å². The van der Waals surface area contributed by atoms with Gasteiger partial charge >= 0.3 is 0 Å². The first-order valence-electron chi connectivity index (χ1n) is 5.65. The number of nitrogens with two attached hydrogens (primary N) is 1. The fraction of sp³-hybridized carbons (Fsp3) is 0.0833. The van der Waals surface area contributed by atoms with Gasteiger partial charge in [0.25, 0.3) is 5.91 Å². The van der Waals surface area contributed by atoms with Crippen LogP contribution in [0.3, 0.4) is 0 Å². The van der Waals surface area contributed by atoms with Gasteiger partial charge in [-0.05, 0) is 18.4 Å². The molecule has 0 aliphatic heterocycles. The molecule has 0 bridgehead atoms. The van der Waals surface area contributed by atoms with E-state index in [4.69, 9.17) is 10.2 Å². The molecule has 3 N–H and O–H groups in total. The number of carbonyl (C=O) groups excluding carboxylic acids is 1. The van der Waals surface area contributed by atoms with Gasteiger partial charge in [-0.1, -0.05) is 35.2 Å². The van der Waals surface area contributed by atoms with Gasteiger partial charge < -0.3 is 10.2 Å². The van der Waals surface area contributed by atoms with Gasteiger partial charge in [0, 0.05) is 5.39 Å². The number of nitrogen functional groups attached to an aromatic ring is 1. The Hall–Kier alpha value is -2.06. The molecule has 102 valence electrons. The van der Waals surface area contributed by atoms with Crippen molar-refractivity contribution in [3.05, 3.63) is 30.0 Å². The number of hydrogen-bond donors (Lipinski definition) is 2. The molecule has 0 aliphatic rings. The molecule has 0 radical (unpaired) electrons. The van der Waals surface area contributed by atoms with Crippen LogP contribution in [0.1, 0.15) is 10.6 Å². The van der Waals surface area contributed by atoms with Gasteiger partial charge in [-0.2, -0.15) is 0 Å². The highest BCUT2D eigenvalue weighted by Gasteiger charge is 2.19. The fourth-order valence-corrected chi connectivity index (χ4v) is 2.90. The smallest absolute Gasteiger partial charge is 0.295 e. The molecule has 8 heteroatoms. The zero-order valence-electron chi connectivity index (χ0n) is 10.4. The van der Waals surface area contributed by atoms with Gasteiger partial charge in [-0.3, -0.25) is 10.1 Å². The number of furan rings is 1. The quantitative estimate of drug-likeness (QED) is 0.571. The topological polar surface area (TPSA) is 94.0 Å². The molecule has 1 amide bonds. The van der Waals surface area contributed by atoms with E-state index in [0.29, 0.717) is 16.4 Å². The number of hydrogen-bond acceptors (Lipinski definition) is 7. The average Bonchev–Trinajstić information content (AvgIpc) is 3.04. The Kier molecular flexibility index (Phi) is 3.33. The van der Waals surface area contributed by atoms with E-state index < -0.39 is 5.91 Å². The second kappa shape index (κ2) is 5.14. The minimum atomic E-state index is -0.428. The van der Waals surface area contributed by atoms with Gasteiger partial charge in [0.2, 0.25) is 10.9 Å². The number of rotatable bonds is 3. The van der Waals surface area contributed by atoms with Crippen molar-refractivity contribution in [1.29, 1.82) is 0 Å². The third-order valence-corrected chi connectivity index (χ3v) is 4.46. The number of thioether (sulfide) groups is 1. The summed E-state index contributed by atoms with van der Waals surface area (Å²) in [5.41, 5.74) is 6.84. The van der Waals surface area contributed by atoms with Crippen LogP contribution in [0.4, 0.5) is 10.8 Å². The number of para-hydroxylation sites is 1. The molecule has 0 aliphatic carbocycles. The first-order chi connectivity index (χ1) is 9.69. The number of nitrogens with one attached hydrogen (secondary N) is 1. The van der Waals surface area contributed by atoms with E-state index >= 15 is 0 Å². The van der Waals surface area contributed by atoms with Crippen molar-refractivity contribution in [3.63, 3.8) is 0 Å². The SMILES string of the molecule is CSc1nnc(NC(=O)c2oc3ccccc3c2N)s1. The molecule has 2 aromatic heterocycles. The molecule has 0 saturated heterocycles. The van der Waals surface area contributed by atoms with Crippen molar-refractivity contribution in [2.45, 2.75) is 4.34 Å². The van der Waals surface area contributed by atoms with Gasteiger partial charge in [0.15, 0.2) is 4.34 Å². The minimum Gasteiger partial charge on any atom is -0.449 e. The van der Waals surface area contributed by atoms with E-state index in [-0.39, 0.29) is 5.76 Å². The van der Waals surface area contributed by atoms with Crippen molar-refractivity contribution in [3.8, 4) is 0 Å². The van der Waals surface area contributed by atoms with Gasteiger partial charge in [-0.15, -0.1) is 10.2 Å². The van der Waals surface area contributed by atoms with Crippen LogP contribution < -0.4 is 11.1 Å². The number of nitrogens with zero attached hydrogens (tertiary/aromatic N) is 2. The Labute approximate surface area is 122 Å². The number of anilines is 2. The molecule has 6 nitrogen and oxygen atoms in total. The summed E-state index contributed by atoms with van der Waals surface area (Å²) in [5.74, 6) is -0.338. The van der Waals surface area contributed by atoms with Crippen molar-refractivity contribution in [1.82, 2.24) is 10.2 Å². The molecule has 2 heterocycles. The van der Waals surface area contributed by atoms with E-state index in [1.807, 2.05) is 24.5 Å². The second-order valence-electron chi connectivity index (χ2n) is 3.87. The van der Waals surface area contributed by atoms with Crippen LogP contribution in [0.5, 0.6) is 0 Å². The summed E-state index contributed by atoms with van der Waals surface area (Å²) in [6, 6.07) is 7.23. The van der Waals surface area contributed by atoms with Crippen LogP contribution in [-0.4, -0.2) is 22.4 Å². The van der Waals surface area contributed by atoms with E-state index in [9.17, 15) is 4.79 Å². The van der Waals surface area contributed by atoms with Crippen LogP contribution in [0.2, 0.25) is 0 Å². The Balaban J connectivity index is 1.90. The number of carbonyl (C=O) groups is 1. The zero-order valence-corrected chi connectivity index (χ0v) is 12.0. The molecule has 20 heavy (non-hydrogen) atoms. The Bertz CT molecular complexity index is 781. The zero-order chi connectivity index (χ0) is 14.1. The van der Waals surface area contributed by atoms with Crippen LogP contribution in [0.15, 0.2) is 33.0 Å². The van der Waals surface area contributed by atoms with Crippen LogP contribution >= 0.6 is 23.1 Å². The molecule has 3 rings (SSSR count). The molecule has 3 aromatic rings. The Morgan fingerprint density at radius 1 is 1.40 bits per heavy atom. The molecular formula is C12H10N4O2S2. The van der Waals surface area contributed by atoms with Crippen molar-refractivity contribution in [2.75, 3.05) is 17.3 Å². The average molecular weight is 306 g/mol. The lowest BCUT2D eigenvalue weighted by Gasteiger charge is -1.97. The molecule has 0 fully saturated rings. The summed E-state index contributed by atoms with van der Waals surface area (Å²) in [4.78, 5) is 12.1. The number of fused-ring (bicyclic) bond motifs is 1. The summed E-state index contributed by atoms with van der Waals surface area (Å²) >= 11 is 2.76. The fourth-order valence-electron chi connectivity index (χ4n) is 1.73. The lowest BCUT2D eigenvalue weighted by atomic mass is 10.2. The van der Waals surface area contributed by atoms with Gasteiger partial charge in [0.1, 0.15) is 5.58 Å². The maximum atomic E-state index is 12.1. The van der Waals surface area contributed by atoms with Crippen molar-refractivity contribution >= 4 is 50.8 Å². The van der Waals surface area contributed by atoms with E-state index in [0.717, 1.165) is 9.73 Å². The summed E-state index contributed by atoms with van der Waals surface area (Å²) in [7, 11) is 0.